The van der Waals surface area contributed by atoms with E-state index in [1.807, 2.05) is 30.3 Å². The summed E-state index contributed by atoms with van der Waals surface area (Å²) in [6.45, 7) is 0.512. The molecule has 0 saturated heterocycles. The van der Waals surface area contributed by atoms with Gasteiger partial charge in [-0.1, -0.05) is 30.3 Å². The van der Waals surface area contributed by atoms with Crippen molar-refractivity contribution in [2.24, 2.45) is 0 Å². The van der Waals surface area contributed by atoms with Crippen LogP contribution in [0.25, 0.3) is 17.0 Å². The van der Waals surface area contributed by atoms with Crippen molar-refractivity contribution in [2.75, 3.05) is 12.8 Å². The summed E-state index contributed by atoms with van der Waals surface area (Å²) in [6, 6.07) is 14.9. The van der Waals surface area contributed by atoms with Crippen LogP contribution in [0.5, 0.6) is 0 Å². The van der Waals surface area contributed by atoms with Gasteiger partial charge in [-0.05, 0) is 23.8 Å². The number of hydrogen-bond donors (Lipinski definition) is 1. The van der Waals surface area contributed by atoms with Crippen LogP contribution in [0.4, 0.5) is 5.82 Å². The largest absolute Gasteiger partial charge is 0.472 e. The number of hydrogen-bond acceptors (Lipinski definition) is 5. The van der Waals surface area contributed by atoms with E-state index in [2.05, 4.69) is 10.1 Å². The molecule has 2 N–H and O–H groups in total. The number of anilines is 1. The summed E-state index contributed by atoms with van der Waals surface area (Å²) in [4.78, 5) is 18.9. The van der Waals surface area contributed by atoms with E-state index >= 15 is 0 Å². The number of carbonyl (C=O) groups is 1. The third-order valence-corrected chi connectivity index (χ3v) is 4.10. The lowest BCUT2D eigenvalue weighted by molar-refractivity contribution is 0.0785. The third kappa shape index (κ3) is 2.90. The van der Waals surface area contributed by atoms with E-state index in [0.717, 1.165) is 11.1 Å². The number of aromatic nitrogens is 3. The fraction of sp³-hybridized carbons (Fsp3) is 0.105. The molecule has 0 fully saturated rings. The monoisotopic (exact) mass is 347 g/mol. The molecule has 7 nitrogen and oxygen atoms in total. The number of nitrogens with two attached hydrogens (primary N) is 1. The minimum Gasteiger partial charge on any atom is -0.472 e. The Hall–Kier alpha value is -3.61. The molecule has 7 heteroatoms. The number of furan rings is 1. The van der Waals surface area contributed by atoms with Gasteiger partial charge in [0.1, 0.15) is 12.1 Å². The van der Waals surface area contributed by atoms with E-state index in [1.165, 1.54) is 4.52 Å². The second-order valence-corrected chi connectivity index (χ2v) is 6.03. The van der Waals surface area contributed by atoms with Crippen molar-refractivity contribution in [1.82, 2.24) is 19.5 Å². The number of nitrogens with zero attached hydrogens (tertiary/aromatic N) is 4. The number of amides is 1. The molecule has 0 radical (unpaired) electrons. The van der Waals surface area contributed by atoms with Crippen LogP contribution in [0, 0.1) is 0 Å². The average Bonchev–Trinajstić information content (AvgIpc) is 3.31. The van der Waals surface area contributed by atoms with Crippen molar-refractivity contribution in [3.8, 4) is 11.4 Å². The lowest BCUT2D eigenvalue weighted by atomic mass is 10.2. The number of fused-ring (bicyclic) bond motifs is 1. The number of carbonyl (C=O) groups excluding carboxylic acids is 1. The first-order valence-electron chi connectivity index (χ1n) is 8.10. The Morgan fingerprint density at radius 3 is 2.77 bits per heavy atom. The summed E-state index contributed by atoms with van der Waals surface area (Å²) >= 11 is 0. The van der Waals surface area contributed by atoms with Crippen LogP contribution in [0.3, 0.4) is 0 Å². The Kier molecular flexibility index (Phi) is 3.89. The number of nitrogen functional groups attached to an aromatic ring is 1. The van der Waals surface area contributed by atoms with Crippen LogP contribution in [-0.4, -0.2) is 32.5 Å². The second kappa shape index (κ2) is 6.36. The summed E-state index contributed by atoms with van der Waals surface area (Å²) in [5.41, 5.74) is 8.87. The van der Waals surface area contributed by atoms with Crippen molar-refractivity contribution in [1.29, 1.82) is 0 Å². The number of pyridine rings is 1. The fourth-order valence-corrected chi connectivity index (χ4v) is 2.80. The molecule has 4 rings (SSSR count). The molecular weight excluding hydrogens is 330 g/mol. The van der Waals surface area contributed by atoms with E-state index in [0.29, 0.717) is 29.4 Å². The van der Waals surface area contributed by atoms with Gasteiger partial charge in [0.25, 0.3) is 5.91 Å². The molecule has 0 unspecified atom stereocenters. The van der Waals surface area contributed by atoms with Gasteiger partial charge < -0.3 is 15.1 Å². The van der Waals surface area contributed by atoms with E-state index in [-0.39, 0.29) is 5.91 Å². The highest BCUT2D eigenvalue weighted by Crippen LogP contribution is 2.20. The lowest BCUT2D eigenvalue weighted by Gasteiger charge is -2.17. The van der Waals surface area contributed by atoms with Crippen LogP contribution in [0.2, 0.25) is 0 Å². The Bertz CT molecular complexity index is 1050. The third-order valence-electron chi connectivity index (χ3n) is 4.10. The Balaban J connectivity index is 1.64. The van der Waals surface area contributed by atoms with Crippen molar-refractivity contribution < 1.29 is 9.21 Å². The first-order chi connectivity index (χ1) is 12.6. The highest BCUT2D eigenvalue weighted by atomic mass is 16.3. The second-order valence-electron chi connectivity index (χ2n) is 6.03. The SMILES string of the molecule is CN(Cc1ccccc1)C(=O)c1cc(N)n2nc(-c3ccoc3)nc2c1. The van der Waals surface area contributed by atoms with Gasteiger partial charge in [-0.25, -0.2) is 4.98 Å². The van der Waals surface area contributed by atoms with E-state index < -0.39 is 0 Å². The topological polar surface area (TPSA) is 89.7 Å². The summed E-state index contributed by atoms with van der Waals surface area (Å²) < 4.78 is 6.57. The Morgan fingerprint density at radius 2 is 2.04 bits per heavy atom. The number of rotatable bonds is 4. The zero-order chi connectivity index (χ0) is 18.1. The van der Waals surface area contributed by atoms with Gasteiger partial charge in [-0.2, -0.15) is 4.52 Å². The van der Waals surface area contributed by atoms with E-state index in [4.69, 9.17) is 10.2 Å². The molecule has 3 aromatic heterocycles. The molecule has 0 aliphatic heterocycles. The van der Waals surface area contributed by atoms with Crippen molar-refractivity contribution in [3.05, 3.63) is 72.2 Å². The normalized spacial score (nSPS) is 11.0. The molecule has 3 heterocycles. The minimum absolute atomic E-state index is 0.129. The molecular formula is C19H17N5O2. The quantitative estimate of drug-likeness (QED) is 0.613. The van der Waals surface area contributed by atoms with E-state index in [9.17, 15) is 4.79 Å². The molecule has 0 aliphatic rings. The summed E-state index contributed by atoms with van der Waals surface area (Å²) in [6.07, 6.45) is 3.11. The highest BCUT2D eigenvalue weighted by molar-refractivity contribution is 5.95. The smallest absolute Gasteiger partial charge is 0.254 e. The summed E-state index contributed by atoms with van der Waals surface area (Å²) in [7, 11) is 1.76. The molecule has 0 bridgehead atoms. The van der Waals surface area contributed by atoms with Crippen molar-refractivity contribution in [2.45, 2.75) is 6.54 Å². The highest BCUT2D eigenvalue weighted by Gasteiger charge is 2.17. The average molecular weight is 347 g/mol. The molecule has 1 amide bonds. The van der Waals surface area contributed by atoms with Gasteiger partial charge >= 0.3 is 0 Å². The first kappa shape index (κ1) is 15.9. The molecule has 0 atom stereocenters. The van der Waals surface area contributed by atoms with Crippen LogP contribution < -0.4 is 5.73 Å². The standard InChI is InChI=1S/C19H17N5O2/c1-23(11-13-5-3-2-4-6-13)19(25)15-9-16(20)24-17(10-15)21-18(22-24)14-7-8-26-12-14/h2-10,12H,11,20H2,1H3. The maximum absolute atomic E-state index is 12.8. The fourth-order valence-electron chi connectivity index (χ4n) is 2.80. The van der Waals surface area contributed by atoms with Gasteiger partial charge in [0, 0.05) is 19.2 Å². The Morgan fingerprint density at radius 1 is 1.23 bits per heavy atom. The van der Waals surface area contributed by atoms with E-state index in [1.54, 1.807) is 42.7 Å². The van der Waals surface area contributed by atoms with Crippen LogP contribution in [-0.2, 0) is 6.54 Å². The molecule has 130 valence electrons. The first-order valence-corrected chi connectivity index (χ1v) is 8.10. The molecule has 26 heavy (non-hydrogen) atoms. The zero-order valence-corrected chi connectivity index (χ0v) is 14.2. The predicted molar refractivity (Wildman–Crippen MR) is 97.3 cm³/mol. The minimum atomic E-state index is -0.129. The molecule has 0 spiro atoms. The van der Waals surface area contributed by atoms with Crippen LogP contribution >= 0.6 is 0 Å². The van der Waals surface area contributed by atoms with Gasteiger partial charge in [0.15, 0.2) is 11.5 Å². The van der Waals surface area contributed by atoms with Gasteiger partial charge in [-0.3, -0.25) is 4.79 Å². The molecule has 0 aliphatic carbocycles. The molecule has 4 aromatic rings. The molecule has 0 saturated carbocycles. The van der Waals surface area contributed by atoms with Crippen molar-refractivity contribution >= 4 is 17.4 Å². The van der Waals surface area contributed by atoms with Gasteiger partial charge in [0.05, 0.1) is 11.8 Å². The van der Waals surface area contributed by atoms with Gasteiger partial charge in [-0.15, -0.1) is 5.10 Å². The van der Waals surface area contributed by atoms with Crippen molar-refractivity contribution in [3.63, 3.8) is 0 Å². The lowest BCUT2D eigenvalue weighted by Crippen LogP contribution is -2.26. The number of benzene rings is 1. The molecule has 1 aromatic carbocycles. The zero-order valence-electron chi connectivity index (χ0n) is 14.2. The summed E-state index contributed by atoms with van der Waals surface area (Å²) in [5, 5.41) is 4.36. The summed E-state index contributed by atoms with van der Waals surface area (Å²) in [5.74, 6) is 0.713. The maximum atomic E-state index is 12.8. The van der Waals surface area contributed by atoms with Crippen LogP contribution in [0.15, 0.2) is 65.5 Å². The van der Waals surface area contributed by atoms with Crippen LogP contribution in [0.1, 0.15) is 15.9 Å². The Labute approximate surface area is 149 Å². The maximum Gasteiger partial charge on any atom is 0.254 e. The van der Waals surface area contributed by atoms with Gasteiger partial charge in [0.2, 0.25) is 0 Å². The predicted octanol–water partition coefficient (Wildman–Crippen LogP) is 2.84.